The molecule has 0 spiro atoms. The molecular formula is C44H58N8O14. The summed E-state index contributed by atoms with van der Waals surface area (Å²) in [5, 5.41) is 48.6. The van der Waals surface area contributed by atoms with Crippen molar-refractivity contribution in [1.82, 2.24) is 42.5 Å². The first kappa shape index (κ1) is 53.0. The minimum absolute atomic E-state index is 0.0405. The SMILES string of the molecule is CC(=O)N[C@@H](Cc1ccccc1)C(=O)NC1CCC(=O)NCCC[C@@H](C(=O)N[C@@H](CC(=O)O)C(=O)N[C@@H](Cc2ccccc2)C(=O)O)NC(=O)C(CC(=O)O)NC(=O)C(CC(C)C)NC1=O. The van der Waals surface area contributed by atoms with Crippen LogP contribution in [0.3, 0.4) is 0 Å². The van der Waals surface area contributed by atoms with Gasteiger partial charge in [-0.05, 0) is 42.7 Å². The zero-order chi connectivity index (χ0) is 48.9. The second kappa shape index (κ2) is 26.4. The lowest BCUT2D eigenvalue weighted by atomic mass is 10.0. The van der Waals surface area contributed by atoms with Gasteiger partial charge in [-0.25, -0.2) is 4.79 Å². The Morgan fingerprint density at radius 1 is 0.667 bits per heavy atom. The Hall–Kier alpha value is -7.39. The van der Waals surface area contributed by atoms with Gasteiger partial charge in [0.15, 0.2) is 0 Å². The van der Waals surface area contributed by atoms with Crippen LogP contribution < -0.4 is 42.5 Å². The molecule has 2 aromatic rings. The smallest absolute Gasteiger partial charge is 0.326 e. The molecule has 0 bridgehead atoms. The van der Waals surface area contributed by atoms with E-state index < -0.39 is 120 Å². The minimum Gasteiger partial charge on any atom is -0.481 e. The molecule has 1 saturated heterocycles. The maximum Gasteiger partial charge on any atom is 0.326 e. The number of rotatable bonds is 18. The number of amides is 8. The average molecular weight is 923 g/mol. The number of hydrogen-bond acceptors (Lipinski definition) is 11. The van der Waals surface area contributed by atoms with Crippen LogP contribution in [0.15, 0.2) is 60.7 Å². The maximum absolute atomic E-state index is 13.9. The van der Waals surface area contributed by atoms with Crippen LogP contribution in [0.25, 0.3) is 0 Å². The molecule has 0 aliphatic carbocycles. The van der Waals surface area contributed by atoms with Gasteiger partial charge in [-0.2, -0.15) is 0 Å². The summed E-state index contributed by atoms with van der Waals surface area (Å²) in [7, 11) is 0. The number of hydrogen-bond donors (Lipinski definition) is 11. The standard InChI is InChI=1S/C44H58N8O14/c1-24(2)19-30-40(61)51-32(22-36(55)56)42(63)47-28(38(59)50-33(23-37(57)58)43(64)52-34(44(65)66)21-27-13-8-5-9-14-27)15-10-18-45-35(54)17-16-29(39(60)49-30)48-41(62)31(46-25(3)53)20-26-11-6-4-7-12-26/h4-9,11-14,24,28-34H,10,15-23H2,1-3H3,(H,45,54)(H,46,53)(H,47,63)(H,48,62)(H,49,60)(H,50,59)(H,51,61)(H,52,64)(H,55,56)(H,57,58)(H,65,66)/t28-,29?,30?,31-,32?,33-,34-/m0/s1. The number of carboxylic acids is 3. The molecule has 22 nitrogen and oxygen atoms in total. The van der Waals surface area contributed by atoms with Crippen molar-refractivity contribution >= 4 is 65.2 Å². The Bertz CT molecular complexity index is 2070. The molecule has 11 N–H and O–H groups in total. The van der Waals surface area contributed by atoms with Gasteiger partial charge in [0.25, 0.3) is 0 Å². The first-order valence-electron chi connectivity index (χ1n) is 21.3. The number of carbonyl (C=O) groups is 11. The van der Waals surface area contributed by atoms with Crippen LogP contribution in [-0.4, -0.2) is 129 Å². The van der Waals surface area contributed by atoms with Crippen LogP contribution >= 0.6 is 0 Å². The van der Waals surface area contributed by atoms with Crippen LogP contribution in [0, 0.1) is 5.92 Å². The second-order valence-corrected chi connectivity index (χ2v) is 16.2. The van der Waals surface area contributed by atoms with E-state index in [0.717, 1.165) is 0 Å². The van der Waals surface area contributed by atoms with Crippen LogP contribution in [0.2, 0.25) is 0 Å². The number of carboxylic acid groups (broad SMARTS) is 3. The number of benzene rings is 2. The number of nitrogens with one attached hydrogen (secondary N) is 8. The Kier molecular flexibility index (Phi) is 21.2. The predicted octanol–water partition coefficient (Wildman–Crippen LogP) is -1.34. The Morgan fingerprint density at radius 2 is 1.24 bits per heavy atom. The van der Waals surface area contributed by atoms with Gasteiger partial charge in [0.2, 0.25) is 47.3 Å². The van der Waals surface area contributed by atoms with E-state index in [4.69, 9.17) is 0 Å². The van der Waals surface area contributed by atoms with Crippen LogP contribution in [0.4, 0.5) is 0 Å². The molecule has 3 unspecified atom stereocenters. The predicted molar refractivity (Wildman–Crippen MR) is 233 cm³/mol. The lowest BCUT2D eigenvalue weighted by Crippen LogP contribution is -2.60. The zero-order valence-electron chi connectivity index (χ0n) is 36.8. The summed E-state index contributed by atoms with van der Waals surface area (Å²) in [6, 6.07) is 5.95. The van der Waals surface area contributed by atoms with Crippen molar-refractivity contribution in [2.24, 2.45) is 5.92 Å². The molecule has 1 fully saturated rings. The third-order valence-corrected chi connectivity index (χ3v) is 10.2. The first-order valence-corrected chi connectivity index (χ1v) is 21.3. The molecule has 1 aliphatic heterocycles. The fourth-order valence-corrected chi connectivity index (χ4v) is 6.89. The summed E-state index contributed by atoms with van der Waals surface area (Å²) < 4.78 is 0. The van der Waals surface area contributed by atoms with E-state index in [-0.39, 0.29) is 57.4 Å². The van der Waals surface area contributed by atoms with E-state index in [1.807, 2.05) is 0 Å². The van der Waals surface area contributed by atoms with Gasteiger partial charge < -0.3 is 57.9 Å². The van der Waals surface area contributed by atoms with E-state index in [9.17, 15) is 68.1 Å². The monoisotopic (exact) mass is 922 g/mol. The topological polar surface area (TPSA) is 345 Å². The number of aliphatic carboxylic acids is 3. The van der Waals surface area contributed by atoms with Crippen molar-refractivity contribution < 1.29 is 68.1 Å². The Morgan fingerprint density at radius 3 is 1.79 bits per heavy atom. The first-order chi connectivity index (χ1) is 31.2. The molecular weight excluding hydrogens is 865 g/mol. The summed E-state index contributed by atoms with van der Waals surface area (Å²) >= 11 is 0. The molecule has 1 aliphatic rings. The summed E-state index contributed by atoms with van der Waals surface area (Å²) in [5.74, 6) is -12.2. The summed E-state index contributed by atoms with van der Waals surface area (Å²) in [6.07, 6.45) is -3.27. The van der Waals surface area contributed by atoms with Gasteiger partial charge in [-0.15, -0.1) is 0 Å². The highest BCUT2D eigenvalue weighted by atomic mass is 16.4. The molecule has 8 amide bonds. The summed E-state index contributed by atoms with van der Waals surface area (Å²) in [6.45, 7) is 4.48. The molecule has 2 aromatic carbocycles. The normalized spacial score (nSPS) is 20.0. The highest BCUT2D eigenvalue weighted by Gasteiger charge is 2.36. The molecule has 66 heavy (non-hydrogen) atoms. The lowest BCUT2D eigenvalue weighted by molar-refractivity contribution is -0.143. The average Bonchev–Trinajstić information content (AvgIpc) is 3.24. The van der Waals surface area contributed by atoms with E-state index in [1.165, 1.54) is 6.92 Å². The fraction of sp³-hybridized carbons (Fsp3) is 0.477. The van der Waals surface area contributed by atoms with Gasteiger partial charge in [0, 0.05) is 32.7 Å². The molecule has 22 heteroatoms. The van der Waals surface area contributed by atoms with Crippen molar-refractivity contribution in [3.63, 3.8) is 0 Å². The molecule has 1 heterocycles. The Labute approximate surface area is 380 Å². The van der Waals surface area contributed by atoms with Crippen LogP contribution in [0.1, 0.15) is 76.8 Å². The third kappa shape index (κ3) is 18.8. The highest BCUT2D eigenvalue weighted by Crippen LogP contribution is 2.12. The molecule has 358 valence electrons. The van der Waals surface area contributed by atoms with Gasteiger partial charge in [0.05, 0.1) is 12.8 Å². The fourth-order valence-electron chi connectivity index (χ4n) is 6.89. The van der Waals surface area contributed by atoms with Crippen molar-refractivity contribution in [1.29, 1.82) is 0 Å². The van der Waals surface area contributed by atoms with E-state index in [1.54, 1.807) is 74.5 Å². The quantitative estimate of drug-likeness (QED) is 0.0825. The highest BCUT2D eigenvalue weighted by molar-refractivity contribution is 5.99. The largest absolute Gasteiger partial charge is 0.481 e. The molecule has 7 atom stereocenters. The summed E-state index contributed by atoms with van der Waals surface area (Å²) in [5.41, 5.74) is 1.21. The minimum atomic E-state index is -1.87. The van der Waals surface area contributed by atoms with Crippen molar-refractivity contribution in [3.8, 4) is 0 Å². The molecule has 0 radical (unpaired) electrons. The third-order valence-electron chi connectivity index (χ3n) is 10.2. The van der Waals surface area contributed by atoms with E-state index in [2.05, 4.69) is 42.5 Å². The second-order valence-electron chi connectivity index (χ2n) is 16.2. The van der Waals surface area contributed by atoms with E-state index >= 15 is 0 Å². The zero-order valence-corrected chi connectivity index (χ0v) is 36.8. The van der Waals surface area contributed by atoms with Gasteiger partial charge in [-0.3, -0.25) is 47.9 Å². The summed E-state index contributed by atoms with van der Waals surface area (Å²) in [4.78, 5) is 144. The lowest BCUT2D eigenvalue weighted by Gasteiger charge is -2.27. The number of carbonyl (C=O) groups excluding carboxylic acids is 8. The Balaban J connectivity index is 1.93. The molecule has 0 saturated carbocycles. The molecule has 3 rings (SSSR count). The van der Waals surface area contributed by atoms with Crippen LogP contribution in [0.5, 0.6) is 0 Å². The van der Waals surface area contributed by atoms with Crippen LogP contribution in [-0.2, 0) is 65.6 Å². The van der Waals surface area contributed by atoms with Gasteiger partial charge in [0.1, 0.15) is 42.3 Å². The van der Waals surface area contributed by atoms with Gasteiger partial charge in [-0.1, -0.05) is 74.5 Å². The molecule has 0 aromatic heterocycles. The van der Waals surface area contributed by atoms with Crippen molar-refractivity contribution in [3.05, 3.63) is 71.8 Å². The maximum atomic E-state index is 13.9. The van der Waals surface area contributed by atoms with Crippen molar-refractivity contribution in [2.45, 2.75) is 121 Å². The van der Waals surface area contributed by atoms with E-state index in [0.29, 0.717) is 11.1 Å². The van der Waals surface area contributed by atoms with Crippen molar-refractivity contribution in [2.75, 3.05) is 6.54 Å². The van der Waals surface area contributed by atoms with Gasteiger partial charge >= 0.3 is 17.9 Å².